The molecule has 2 aliphatic rings. The number of piperidine rings is 1. The minimum atomic E-state index is -0.944. The van der Waals surface area contributed by atoms with Gasteiger partial charge in [0.1, 0.15) is 6.04 Å². The highest BCUT2D eigenvalue weighted by Crippen LogP contribution is 2.37. The number of aliphatic hydroxyl groups excluding tert-OH is 1. The highest BCUT2D eigenvalue weighted by atomic mass is 16.4. The van der Waals surface area contributed by atoms with Crippen LogP contribution in [-0.4, -0.2) is 63.8 Å². The summed E-state index contributed by atoms with van der Waals surface area (Å²) >= 11 is 0. The summed E-state index contributed by atoms with van der Waals surface area (Å²) in [7, 11) is 0. The monoisotopic (exact) mass is 298 g/mol. The van der Waals surface area contributed by atoms with E-state index >= 15 is 0 Å². The minimum absolute atomic E-state index is 0.0676. The molecule has 0 bridgehead atoms. The second kappa shape index (κ2) is 5.83. The van der Waals surface area contributed by atoms with Gasteiger partial charge in [0.2, 0.25) is 0 Å². The summed E-state index contributed by atoms with van der Waals surface area (Å²) in [5.41, 5.74) is -0.431. The molecule has 21 heavy (non-hydrogen) atoms. The third kappa shape index (κ3) is 2.86. The van der Waals surface area contributed by atoms with Gasteiger partial charge in [-0.25, -0.2) is 9.59 Å². The van der Waals surface area contributed by atoms with E-state index in [1.165, 1.54) is 4.90 Å². The number of aliphatic carboxylic acids is 1. The minimum Gasteiger partial charge on any atom is -0.480 e. The normalized spacial score (nSPS) is 32.3. The summed E-state index contributed by atoms with van der Waals surface area (Å²) in [5.74, 6) is -0.694. The van der Waals surface area contributed by atoms with Gasteiger partial charge in [-0.3, -0.25) is 0 Å². The van der Waals surface area contributed by atoms with Crippen molar-refractivity contribution in [3.63, 3.8) is 0 Å². The van der Waals surface area contributed by atoms with Gasteiger partial charge in [-0.15, -0.1) is 0 Å². The summed E-state index contributed by atoms with van der Waals surface area (Å²) in [5, 5.41) is 19.1. The summed E-state index contributed by atoms with van der Waals surface area (Å²) in [6.07, 6.45) is 2.47. The number of rotatable bonds is 2. The van der Waals surface area contributed by atoms with Crippen LogP contribution in [0.4, 0.5) is 4.79 Å². The van der Waals surface area contributed by atoms with Gasteiger partial charge in [-0.05, 0) is 30.6 Å². The molecule has 2 amide bonds. The van der Waals surface area contributed by atoms with Gasteiger partial charge in [-0.2, -0.15) is 0 Å². The van der Waals surface area contributed by atoms with E-state index in [0.29, 0.717) is 13.1 Å². The van der Waals surface area contributed by atoms with Gasteiger partial charge in [0, 0.05) is 13.1 Å². The van der Waals surface area contributed by atoms with Crippen LogP contribution in [0.25, 0.3) is 0 Å². The Morgan fingerprint density at radius 3 is 2.48 bits per heavy atom. The quantitative estimate of drug-likeness (QED) is 0.807. The molecule has 6 heteroatoms. The first kappa shape index (κ1) is 16.1. The van der Waals surface area contributed by atoms with Crippen molar-refractivity contribution in [2.45, 2.75) is 52.1 Å². The molecule has 0 aliphatic carbocycles. The zero-order chi connectivity index (χ0) is 15.8. The number of nitrogens with zero attached hydrogens (tertiary/aromatic N) is 2. The van der Waals surface area contributed by atoms with Crippen LogP contribution in [0.15, 0.2) is 0 Å². The Kier molecular flexibility index (Phi) is 4.46. The summed E-state index contributed by atoms with van der Waals surface area (Å²) in [6.45, 7) is 6.82. The smallest absolute Gasteiger partial charge is 0.327 e. The van der Waals surface area contributed by atoms with Crippen molar-refractivity contribution in [3.05, 3.63) is 0 Å². The number of likely N-dealkylation sites (tertiary alicyclic amines) is 2. The molecule has 2 N–H and O–H groups in total. The average molecular weight is 298 g/mol. The highest BCUT2D eigenvalue weighted by molar-refractivity contribution is 5.84. The van der Waals surface area contributed by atoms with Crippen LogP contribution in [0, 0.1) is 11.3 Å². The number of carbonyl (C=O) groups excluding carboxylic acids is 1. The van der Waals surface area contributed by atoms with E-state index in [0.717, 1.165) is 19.3 Å². The Hall–Kier alpha value is -1.30. The second-order valence-electron chi connectivity index (χ2n) is 7.02. The lowest BCUT2D eigenvalue weighted by Gasteiger charge is -2.45. The molecule has 0 radical (unpaired) electrons. The Morgan fingerprint density at radius 2 is 1.90 bits per heavy atom. The topological polar surface area (TPSA) is 81.1 Å². The summed E-state index contributed by atoms with van der Waals surface area (Å²) in [4.78, 5) is 27.6. The van der Waals surface area contributed by atoms with E-state index in [9.17, 15) is 19.8 Å². The molecule has 0 aromatic carbocycles. The molecule has 120 valence electrons. The number of hydrogen-bond acceptors (Lipinski definition) is 3. The second-order valence-corrected chi connectivity index (χ2v) is 7.02. The number of carboxylic acids is 1. The van der Waals surface area contributed by atoms with E-state index in [4.69, 9.17) is 0 Å². The molecule has 6 nitrogen and oxygen atoms in total. The fourth-order valence-corrected chi connectivity index (χ4v) is 3.76. The van der Waals surface area contributed by atoms with E-state index in [1.54, 1.807) is 4.90 Å². The lowest BCUT2D eigenvalue weighted by atomic mass is 9.76. The molecule has 2 heterocycles. The number of urea groups is 1. The molecule has 0 saturated carbocycles. The standard InChI is InChI=1S/C15H26N2O4/c1-10-5-8-16(11(10)9-18)14(21)17-7-4-6-15(2,3)12(17)13(19)20/h10-12,18H,4-9H2,1-3H3,(H,19,20). The van der Waals surface area contributed by atoms with E-state index < -0.39 is 17.4 Å². The van der Waals surface area contributed by atoms with Gasteiger partial charge in [0.15, 0.2) is 0 Å². The van der Waals surface area contributed by atoms with E-state index in [1.807, 2.05) is 20.8 Å². The van der Waals surface area contributed by atoms with Gasteiger partial charge in [-0.1, -0.05) is 20.8 Å². The van der Waals surface area contributed by atoms with Crippen molar-refractivity contribution >= 4 is 12.0 Å². The lowest BCUT2D eigenvalue weighted by Crippen LogP contribution is -2.60. The highest BCUT2D eigenvalue weighted by Gasteiger charge is 2.47. The first-order chi connectivity index (χ1) is 9.79. The average Bonchev–Trinajstić information content (AvgIpc) is 2.76. The SMILES string of the molecule is CC1CCN(C(=O)N2CCCC(C)(C)C2C(=O)O)C1CO. The van der Waals surface area contributed by atoms with Gasteiger partial charge >= 0.3 is 12.0 Å². The van der Waals surface area contributed by atoms with Crippen molar-refractivity contribution in [1.82, 2.24) is 9.80 Å². The van der Waals surface area contributed by atoms with E-state index in [-0.39, 0.29) is 24.6 Å². The van der Waals surface area contributed by atoms with E-state index in [2.05, 4.69) is 0 Å². The van der Waals surface area contributed by atoms with Crippen LogP contribution in [0.1, 0.15) is 40.0 Å². The van der Waals surface area contributed by atoms with Crippen molar-refractivity contribution < 1.29 is 19.8 Å². The zero-order valence-electron chi connectivity index (χ0n) is 13.1. The summed E-state index contributed by atoms with van der Waals surface area (Å²) in [6, 6.07) is -1.23. The van der Waals surface area contributed by atoms with Crippen LogP contribution in [0.2, 0.25) is 0 Å². The number of carboxylic acid groups (broad SMARTS) is 1. The van der Waals surface area contributed by atoms with Crippen LogP contribution >= 0.6 is 0 Å². The molecular formula is C15H26N2O4. The predicted octanol–water partition coefficient (Wildman–Crippen LogP) is 1.38. The third-order valence-electron chi connectivity index (χ3n) is 5.07. The molecule has 2 fully saturated rings. The van der Waals surface area contributed by atoms with Crippen LogP contribution in [-0.2, 0) is 4.79 Å². The predicted molar refractivity (Wildman–Crippen MR) is 77.9 cm³/mol. The van der Waals surface area contributed by atoms with Crippen LogP contribution in [0.3, 0.4) is 0 Å². The molecule has 2 aliphatic heterocycles. The largest absolute Gasteiger partial charge is 0.480 e. The Bertz CT molecular complexity index is 424. The lowest BCUT2D eigenvalue weighted by molar-refractivity contribution is -0.148. The fourth-order valence-electron chi connectivity index (χ4n) is 3.76. The van der Waals surface area contributed by atoms with Crippen molar-refractivity contribution in [2.75, 3.05) is 19.7 Å². The van der Waals surface area contributed by atoms with Crippen LogP contribution < -0.4 is 0 Å². The molecule has 3 unspecified atom stereocenters. The van der Waals surface area contributed by atoms with Gasteiger partial charge < -0.3 is 20.0 Å². The molecule has 3 atom stereocenters. The number of amides is 2. The molecule has 2 saturated heterocycles. The number of aliphatic hydroxyl groups is 1. The van der Waals surface area contributed by atoms with Crippen LogP contribution in [0.5, 0.6) is 0 Å². The Labute approximate surface area is 125 Å². The molecule has 0 aromatic rings. The Balaban J connectivity index is 2.22. The first-order valence-corrected chi connectivity index (χ1v) is 7.70. The van der Waals surface area contributed by atoms with Crippen molar-refractivity contribution in [1.29, 1.82) is 0 Å². The van der Waals surface area contributed by atoms with Crippen molar-refractivity contribution in [3.8, 4) is 0 Å². The maximum absolute atomic E-state index is 12.8. The fraction of sp³-hybridized carbons (Fsp3) is 0.867. The molecule has 2 rings (SSSR count). The molecule has 0 spiro atoms. The zero-order valence-corrected chi connectivity index (χ0v) is 13.1. The van der Waals surface area contributed by atoms with Gasteiger partial charge in [0.05, 0.1) is 12.6 Å². The maximum Gasteiger partial charge on any atom is 0.327 e. The van der Waals surface area contributed by atoms with Crippen molar-refractivity contribution in [2.24, 2.45) is 11.3 Å². The number of carbonyl (C=O) groups is 2. The Morgan fingerprint density at radius 1 is 1.24 bits per heavy atom. The molecular weight excluding hydrogens is 272 g/mol. The summed E-state index contributed by atoms with van der Waals surface area (Å²) < 4.78 is 0. The first-order valence-electron chi connectivity index (χ1n) is 7.70. The third-order valence-corrected chi connectivity index (χ3v) is 5.07. The molecule has 0 aromatic heterocycles. The van der Waals surface area contributed by atoms with Gasteiger partial charge in [0.25, 0.3) is 0 Å². The maximum atomic E-state index is 12.8. The number of hydrogen-bond donors (Lipinski definition) is 2.